The third-order valence-corrected chi connectivity index (χ3v) is 2.75. The molecule has 0 aliphatic rings. The lowest BCUT2D eigenvalue weighted by atomic mass is 9.92. The average Bonchev–Trinajstić information content (AvgIpc) is 2.13. The number of hydrogen-bond acceptors (Lipinski definition) is 3. The Kier molecular flexibility index (Phi) is 6.72. The highest BCUT2D eigenvalue weighted by molar-refractivity contribution is 5.81. The number of likely N-dealkylation sites (N-methyl/N-ethyl adjacent to an activating group) is 1. The third-order valence-electron chi connectivity index (χ3n) is 2.75. The average molecular weight is 243 g/mol. The second-order valence-corrected chi connectivity index (χ2v) is 6.13. The molecule has 0 spiro atoms. The van der Waals surface area contributed by atoms with Gasteiger partial charge in [0, 0.05) is 13.1 Å². The van der Waals surface area contributed by atoms with Gasteiger partial charge in [-0.25, -0.2) is 0 Å². The van der Waals surface area contributed by atoms with Gasteiger partial charge < -0.3 is 15.5 Å². The predicted molar refractivity (Wildman–Crippen MR) is 73.0 cm³/mol. The molecule has 0 aromatic rings. The highest BCUT2D eigenvalue weighted by Gasteiger charge is 2.24. The highest BCUT2D eigenvalue weighted by Crippen LogP contribution is 2.14. The molecule has 0 rings (SSSR count). The Labute approximate surface area is 106 Å². The third kappa shape index (κ3) is 6.64. The second kappa shape index (κ2) is 6.97. The Morgan fingerprint density at radius 2 is 1.82 bits per heavy atom. The molecule has 0 heterocycles. The Bertz CT molecular complexity index is 237. The van der Waals surface area contributed by atoms with E-state index >= 15 is 0 Å². The number of amides is 1. The largest absolute Gasteiger partial charge is 0.354 e. The van der Waals surface area contributed by atoms with Crippen molar-refractivity contribution >= 4 is 5.91 Å². The SMILES string of the molecule is CN[C@@H](C(=O)NCC(C)(C)CN(C)C)C(C)C. The molecule has 2 N–H and O–H groups in total. The number of carbonyl (C=O) groups excluding carboxylic acids is 1. The maximum atomic E-state index is 12.0. The molecule has 0 saturated carbocycles. The van der Waals surface area contributed by atoms with Gasteiger partial charge >= 0.3 is 0 Å². The minimum absolute atomic E-state index is 0.0917. The van der Waals surface area contributed by atoms with Crippen molar-refractivity contribution in [3.63, 3.8) is 0 Å². The van der Waals surface area contributed by atoms with Crippen molar-refractivity contribution in [1.82, 2.24) is 15.5 Å². The first-order chi connectivity index (χ1) is 7.69. The molecule has 0 radical (unpaired) electrons. The van der Waals surface area contributed by atoms with E-state index in [0.29, 0.717) is 12.5 Å². The van der Waals surface area contributed by atoms with Gasteiger partial charge in [0.1, 0.15) is 0 Å². The van der Waals surface area contributed by atoms with Crippen LogP contribution >= 0.6 is 0 Å². The lowest BCUT2D eigenvalue weighted by Crippen LogP contribution is -2.49. The van der Waals surface area contributed by atoms with Gasteiger partial charge in [-0.3, -0.25) is 4.79 Å². The van der Waals surface area contributed by atoms with Crippen molar-refractivity contribution in [2.45, 2.75) is 33.7 Å². The summed E-state index contributed by atoms with van der Waals surface area (Å²) in [6.07, 6.45) is 0. The number of nitrogens with one attached hydrogen (secondary N) is 2. The van der Waals surface area contributed by atoms with Gasteiger partial charge in [-0.1, -0.05) is 27.7 Å². The van der Waals surface area contributed by atoms with Crippen molar-refractivity contribution in [3.05, 3.63) is 0 Å². The summed E-state index contributed by atoms with van der Waals surface area (Å²) in [6, 6.07) is -0.106. The molecule has 4 nitrogen and oxygen atoms in total. The summed E-state index contributed by atoms with van der Waals surface area (Å²) < 4.78 is 0. The smallest absolute Gasteiger partial charge is 0.237 e. The van der Waals surface area contributed by atoms with Crippen LogP contribution in [0.2, 0.25) is 0 Å². The summed E-state index contributed by atoms with van der Waals surface area (Å²) in [7, 11) is 5.93. The van der Waals surface area contributed by atoms with Crippen LogP contribution in [0.1, 0.15) is 27.7 Å². The number of hydrogen-bond donors (Lipinski definition) is 2. The molecular weight excluding hydrogens is 214 g/mol. The van der Waals surface area contributed by atoms with Crippen LogP contribution in [0.4, 0.5) is 0 Å². The summed E-state index contributed by atoms with van der Waals surface area (Å²) in [5.41, 5.74) is 0.0917. The number of nitrogens with zero attached hydrogens (tertiary/aromatic N) is 1. The van der Waals surface area contributed by atoms with E-state index in [1.807, 2.05) is 35.0 Å². The normalized spacial score (nSPS) is 14.2. The molecule has 17 heavy (non-hydrogen) atoms. The van der Waals surface area contributed by atoms with E-state index < -0.39 is 0 Å². The molecule has 0 aromatic carbocycles. The van der Waals surface area contributed by atoms with Gasteiger partial charge in [0.25, 0.3) is 0 Å². The van der Waals surface area contributed by atoms with Crippen molar-refractivity contribution in [2.75, 3.05) is 34.2 Å². The minimum atomic E-state index is -0.106. The summed E-state index contributed by atoms with van der Waals surface area (Å²) in [5, 5.41) is 6.09. The lowest BCUT2D eigenvalue weighted by molar-refractivity contribution is -0.124. The first kappa shape index (κ1) is 16.4. The zero-order valence-electron chi connectivity index (χ0n) is 12.4. The van der Waals surface area contributed by atoms with Crippen LogP contribution in [0.15, 0.2) is 0 Å². The van der Waals surface area contributed by atoms with E-state index in [0.717, 1.165) is 6.54 Å². The molecule has 102 valence electrons. The molecular formula is C13H29N3O. The quantitative estimate of drug-likeness (QED) is 0.699. The molecule has 0 aliphatic carbocycles. The lowest BCUT2D eigenvalue weighted by Gasteiger charge is -2.29. The van der Waals surface area contributed by atoms with Crippen LogP contribution in [0.25, 0.3) is 0 Å². The fourth-order valence-corrected chi connectivity index (χ4v) is 2.12. The van der Waals surface area contributed by atoms with E-state index in [-0.39, 0.29) is 17.4 Å². The minimum Gasteiger partial charge on any atom is -0.354 e. The Morgan fingerprint density at radius 1 is 1.29 bits per heavy atom. The van der Waals surface area contributed by atoms with Crippen LogP contribution in [0.3, 0.4) is 0 Å². The molecule has 0 bridgehead atoms. The van der Waals surface area contributed by atoms with Crippen molar-refractivity contribution in [2.24, 2.45) is 11.3 Å². The molecule has 1 amide bonds. The summed E-state index contributed by atoms with van der Waals surface area (Å²) in [4.78, 5) is 14.1. The van der Waals surface area contributed by atoms with Crippen molar-refractivity contribution < 1.29 is 4.79 Å². The second-order valence-electron chi connectivity index (χ2n) is 6.13. The summed E-state index contributed by atoms with van der Waals surface area (Å²) in [6.45, 7) is 10.1. The van der Waals surface area contributed by atoms with Crippen LogP contribution in [0, 0.1) is 11.3 Å². The van der Waals surface area contributed by atoms with E-state index in [4.69, 9.17) is 0 Å². The van der Waals surface area contributed by atoms with Crippen LogP contribution in [-0.4, -0.2) is 51.1 Å². The number of rotatable bonds is 7. The van der Waals surface area contributed by atoms with Crippen LogP contribution in [-0.2, 0) is 4.79 Å². The van der Waals surface area contributed by atoms with E-state index in [1.165, 1.54) is 0 Å². The fraction of sp³-hybridized carbons (Fsp3) is 0.923. The van der Waals surface area contributed by atoms with Gasteiger partial charge in [0.15, 0.2) is 0 Å². The van der Waals surface area contributed by atoms with E-state index in [1.54, 1.807) is 0 Å². The van der Waals surface area contributed by atoms with Crippen LogP contribution in [0.5, 0.6) is 0 Å². The van der Waals surface area contributed by atoms with Crippen molar-refractivity contribution in [3.8, 4) is 0 Å². The molecule has 0 aromatic heterocycles. The topological polar surface area (TPSA) is 44.4 Å². The Balaban J connectivity index is 4.22. The molecule has 4 heteroatoms. The molecule has 0 aliphatic heterocycles. The molecule has 0 fully saturated rings. The van der Waals surface area contributed by atoms with Gasteiger partial charge in [-0.2, -0.15) is 0 Å². The van der Waals surface area contributed by atoms with Crippen molar-refractivity contribution in [1.29, 1.82) is 0 Å². The van der Waals surface area contributed by atoms with Gasteiger partial charge in [0.05, 0.1) is 6.04 Å². The maximum Gasteiger partial charge on any atom is 0.237 e. The Morgan fingerprint density at radius 3 is 2.18 bits per heavy atom. The molecule has 0 saturated heterocycles. The van der Waals surface area contributed by atoms with E-state index in [2.05, 4.69) is 29.4 Å². The Hall–Kier alpha value is -0.610. The van der Waals surface area contributed by atoms with Crippen LogP contribution < -0.4 is 10.6 Å². The van der Waals surface area contributed by atoms with E-state index in [9.17, 15) is 4.79 Å². The van der Waals surface area contributed by atoms with Gasteiger partial charge in [0.2, 0.25) is 5.91 Å². The zero-order valence-corrected chi connectivity index (χ0v) is 12.4. The number of carbonyl (C=O) groups is 1. The van der Waals surface area contributed by atoms with Gasteiger partial charge in [-0.15, -0.1) is 0 Å². The predicted octanol–water partition coefficient (Wildman–Crippen LogP) is 0.934. The summed E-state index contributed by atoms with van der Waals surface area (Å²) >= 11 is 0. The molecule has 1 atom stereocenters. The van der Waals surface area contributed by atoms with Gasteiger partial charge in [-0.05, 0) is 32.5 Å². The molecule has 0 unspecified atom stereocenters. The highest BCUT2D eigenvalue weighted by atomic mass is 16.2. The summed E-state index contributed by atoms with van der Waals surface area (Å²) in [5.74, 6) is 0.395. The maximum absolute atomic E-state index is 12.0. The first-order valence-electron chi connectivity index (χ1n) is 6.29. The first-order valence-corrected chi connectivity index (χ1v) is 6.29. The monoisotopic (exact) mass is 243 g/mol. The fourth-order valence-electron chi connectivity index (χ4n) is 2.12. The zero-order chi connectivity index (χ0) is 13.6. The standard InChI is InChI=1S/C13H29N3O/c1-10(2)11(14-5)12(17)15-8-13(3,4)9-16(6)7/h10-11,14H,8-9H2,1-7H3,(H,15,17)/t11-/m1/s1.